The van der Waals surface area contributed by atoms with E-state index in [0.29, 0.717) is 0 Å². The average molecular weight is 239 g/mol. The molecule has 0 amide bonds. The Bertz CT molecular complexity index is 257. The second-order valence-corrected chi connectivity index (χ2v) is 2.23. The first-order valence-electron chi connectivity index (χ1n) is 3.57. The van der Waals surface area contributed by atoms with Crippen molar-refractivity contribution in [3.8, 4) is 0 Å². The van der Waals surface area contributed by atoms with E-state index in [-0.39, 0.29) is 38.0 Å². The van der Waals surface area contributed by atoms with Crippen molar-refractivity contribution in [1.82, 2.24) is 4.98 Å². The Labute approximate surface area is 94.7 Å². The molecule has 4 nitrogen and oxygen atoms in total. The normalized spacial score (nSPS) is 8.07. The molecule has 0 spiro atoms. The number of pyridine rings is 1. The van der Waals surface area contributed by atoms with Crippen molar-refractivity contribution in [3.63, 3.8) is 0 Å². The zero-order valence-electron chi connectivity index (χ0n) is 7.38. The van der Waals surface area contributed by atoms with Crippen LogP contribution >= 0.6 is 24.8 Å². The Balaban J connectivity index is 0. The first kappa shape index (κ1) is 15.6. The molecule has 1 aromatic heterocycles. The van der Waals surface area contributed by atoms with E-state index in [1.807, 2.05) is 6.07 Å². The lowest BCUT2D eigenvalue weighted by Crippen LogP contribution is -2.16. The topological polar surface area (TPSA) is 65.2 Å². The smallest absolute Gasteiger partial charge is 0.320 e. The molecule has 1 rings (SSSR count). The quantitative estimate of drug-likeness (QED) is 0.797. The molecule has 0 saturated carbocycles. The van der Waals surface area contributed by atoms with E-state index in [2.05, 4.69) is 4.98 Å². The van der Waals surface area contributed by atoms with Gasteiger partial charge in [0.15, 0.2) is 0 Å². The van der Waals surface area contributed by atoms with Gasteiger partial charge in [-0.2, -0.15) is 0 Å². The van der Waals surface area contributed by atoms with Gasteiger partial charge >= 0.3 is 5.97 Å². The summed E-state index contributed by atoms with van der Waals surface area (Å²) in [4.78, 5) is 14.5. The predicted molar refractivity (Wildman–Crippen MR) is 57.6 cm³/mol. The first-order chi connectivity index (χ1) is 5.83. The molecule has 2 N–H and O–H groups in total. The molecule has 80 valence electrons. The molecule has 14 heavy (non-hydrogen) atoms. The molecule has 0 aromatic carbocycles. The van der Waals surface area contributed by atoms with E-state index in [4.69, 9.17) is 10.5 Å². The van der Waals surface area contributed by atoms with Crippen molar-refractivity contribution < 1.29 is 9.53 Å². The molecule has 0 atom stereocenters. The van der Waals surface area contributed by atoms with Gasteiger partial charge in [0.25, 0.3) is 0 Å². The minimum absolute atomic E-state index is 0. The molecule has 0 fully saturated rings. The summed E-state index contributed by atoms with van der Waals surface area (Å²) in [7, 11) is 0. The number of hydrogen-bond acceptors (Lipinski definition) is 4. The van der Waals surface area contributed by atoms with Crippen molar-refractivity contribution in [2.24, 2.45) is 5.73 Å². The number of ether oxygens (including phenoxy) is 1. The number of carbonyl (C=O) groups is 1. The van der Waals surface area contributed by atoms with E-state index >= 15 is 0 Å². The van der Waals surface area contributed by atoms with Crippen LogP contribution in [-0.4, -0.2) is 17.5 Å². The van der Waals surface area contributed by atoms with Crippen LogP contribution in [0.1, 0.15) is 5.56 Å². The molecule has 0 unspecified atom stereocenters. The monoisotopic (exact) mass is 238 g/mol. The van der Waals surface area contributed by atoms with Crippen molar-refractivity contribution in [2.45, 2.75) is 6.61 Å². The maximum Gasteiger partial charge on any atom is 0.320 e. The maximum atomic E-state index is 10.6. The van der Waals surface area contributed by atoms with Gasteiger partial charge < -0.3 is 10.5 Å². The number of esters is 1. The van der Waals surface area contributed by atoms with Gasteiger partial charge in [0, 0.05) is 18.0 Å². The van der Waals surface area contributed by atoms with Crippen LogP contribution in [0.5, 0.6) is 0 Å². The number of carbonyl (C=O) groups excluding carboxylic acids is 1. The average Bonchev–Trinajstić information content (AvgIpc) is 2.16. The lowest BCUT2D eigenvalue weighted by Gasteiger charge is -2.01. The second-order valence-electron chi connectivity index (χ2n) is 2.23. The van der Waals surface area contributed by atoms with E-state index in [1.54, 1.807) is 18.5 Å². The van der Waals surface area contributed by atoms with Crippen LogP contribution in [0.15, 0.2) is 24.5 Å². The Morgan fingerprint density at radius 3 is 2.71 bits per heavy atom. The van der Waals surface area contributed by atoms with Gasteiger partial charge in [-0.05, 0) is 6.07 Å². The summed E-state index contributed by atoms with van der Waals surface area (Å²) in [5.74, 6) is -0.404. The molecule has 0 saturated heterocycles. The summed E-state index contributed by atoms with van der Waals surface area (Å²) in [5, 5.41) is 0. The zero-order chi connectivity index (χ0) is 8.81. The number of hydrogen-bond donors (Lipinski definition) is 1. The number of rotatable bonds is 3. The summed E-state index contributed by atoms with van der Waals surface area (Å²) in [6.07, 6.45) is 3.30. The van der Waals surface area contributed by atoms with Crippen LogP contribution in [0.3, 0.4) is 0 Å². The van der Waals surface area contributed by atoms with E-state index in [0.717, 1.165) is 5.56 Å². The molecule has 0 aliphatic carbocycles. The molecule has 0 aliphatic rings. The van der Waals surface area contributed by atoms with Crippen LogP contribution in [-0.2, 0) is 16.1 Å². The summed E-state index contributed by atoms with van der Waals surface area (Å²) < 4.78 is 4.77. The minimum atomic E-state index is -0.404. The number of halogens is 2. The van der Waals surface area contributed by atoms with Crippen LogP contribution < -0.4 is 5.73 Å². The van der Waals surface area contributed by atoms with Gasteiger partial charge in [-0.3, -0.25) is 9.78 Å². The van der Waals surface area contributed by atoms with E-state index in [1.165, 1.54) is 0 Å². The second kappa shape index (κ2) is 8.74. The summed E-state index contributed by atoms with van der Waals surface area (Å²) in [6.45, 7) is 0.157. The number of nitrogens with two attached hydrogens (primary N) is 1. The summed E-state index contributed by atoms with van der Waals surface area (Å²) in [5.41, 5.74) is 5.91. The fraction of sp³-hybridized carbons (Fsp3) is 0.250. The standard InChI is InChI=1S/C8H10N2O2.2ClH/c9-4-8(11)12-6-7-2-1-3-10-5-7;;/h1-3,5H,4,6,9H2;2*1H. The Hall–Kier alpha value is -0.840. The van der Waals surface area contributed by atoms with E-state index < -0.39 is 5.97 Å². The molecule has 1 aromatic rings. The molecular formula is C8H12Cl2N2O2. The molecular weight excluding hydrogens is 227 g/mol. The molecule has 1 heterocycles. The zero-order valence-corrected chi connectivity index (χ0v) is 9.01. The van der Waals surface area contributed by atoms with E-state index in [9.17, 15) is 4.79 Å². The highest BCUT2D eigenvalue weighted by atomic mass is 35.5. The third-order valence-corrected chi connectivity index (χ3v) is 1.29. The van der Waals surface area contributed by atoms with Crippen LogP contribution in [0.4, 0.5) is 0 Å². The molecule has 0 aliphatic heterocycles. The number of nitrogens with zero attached hydrogens (tertiary/aromatic N) is 1. The highest BCUT2D eigenvalue weighted by Gasteiger charge is 1.98. The SMILES string of the molecule is Cl.Cl.NCC(=O)OCc1cccnc1. The highest BCUT2D eigenvalue weighted by Crippen LogP contribution is 1.97. The largest absolute Gasteiger partial charge is 0.460 e. The fourth-order valence-corrected chi connectivity index (χ4v) is 0.706. The molecule has 0 radical (unpaired) electrons. The van der Waals surface area contributed by atoms with Crippen LogP contribution in [0, 0.1) is 0 Å². The van der Waals surface area contributed by atoms with Gasteiger partial charge in [0.05, 0.1) is 6.54 Å². The van der Waals surface area contributed by atoms with Crippen molar-refractivity contribution in [3.05, 3.63) is 30.1 Å². The van der Waals surface area contributed by atoms with Gasteiger partial charge in [-0.25, -0.2) is 0 Å². The summed E-state index contributed by atoms with van der Waals surface area (Å²) in [6, 6.07) is 3.61. The van der Waals surface area contributed by atoms with Gasteiger partial charge in [0.1, 0.15) is 6.61 Å². The highest BCUT2D eigenvalue weighted by molar-refractivity contribution is 5.85. The number of aromatic nitrogens is 1. The molecule has 6 heteroatoms. The minimum Gasteiger partial charge on any atom is -0.460 e. The molecule has 0 bridgehead atoms. The Morgan fingerprint density at radius 2 is 2.21 bits per heavy atom. The Morgan fingerprint density at radius 1 is 1.50 bits per heavy atom. The van der Waals surface area contributed by atoms with Crippen molar-refractivity contribution in [2.75, 3.05) is 6.54 Å². The van der Waals surface area contributed by atoms with Crippen molar-refractivity contribution in [1.29, 1.82) is 0 Å². The third kappa shape index (κ3) is 5.75. The van der Waals surface area contributed by atoms with Gasteiger partial charge in [-0.15, -0.1) is 24.8 Å². The predicted octanol–water partition coefficient (Wildman–Crippen LogP) is 0.927. The maximum absolute atomic E-state index is 10.6. The van der Waals surface area contributed by atoms with Gasteiger partial charge in [0.2, 0.25) is 0 Å². The lowest BCUT2D eigenvalue weighted by molar-refractivity contribution is -0.143. The van der Waals surface area contributed by atoms with Gasteiger partial charge in [-0.1, -0.05) is 6.07 Å². The summed E-state index contributed by atoms with van der Waals surface area (Å²) >= 11 is 0. The Kier molecular flexibility index (Phi) is 9.76. The van der Waals surface area contributed by atoms with Crippen molar-refractivity contribution >= 4 is 30.8 Å². The van der Waals surface area contributed by atoms with Crippen LogP contribution in [0.2, 0.25) is 0 Å². The fourth-order valence-electron chi connectivity index (χ4n) is 0.706. The lowest BCUT2D eigenvalue weighted by atomic mass is 10.3. The third-order valence-electron chi connectivity index (χ3n) is 1.29. The van der Waals surface area contributed by atoms with Crippen LogP contribution in [0.25, 0.3) is 0 Å². The first-order valence-corrected chi connectivity index (χ1v) is 3.57.